The first kappa shape index (κ1) is 13.9. The van der Waals surface area contributed by atoms with Crippen LogP contribution in [0.3, 0.4) is 0 Å². The Kier molecular flexibility index (Phi) is 4.03. The molecular formula is C19H14BrN. The molecule has 0 fully saturated rings. The molecule has 1 aliphatic rings. The zero-order valence-electron chi connectivity index (χ0n) is 11.7. The van der Waals surface area contributed by atoms with Gasteiger partial charge in [-0.2, -0.15) is 0 Å². The molecule has 0 bridgehead atoms. The zero-order chi connectivity index (χ0) is 14.7. The van der Waals surface area contributed by atoms with Gasteiger partial charge in [-0.15, -0.1) is 0 Å². The summed E-state index contributed by atoms with van der Waals surface area (Å²) in [6, 6.07) is 8.15. The Morgan fingerprint density at radius 1 is 1.14 bits per heavy atom. The summed E-state index contributed by atoms with van der Waals surface area (Å²) < 4.78 is 0.981. The van der Waals surface area contributed by atoms with Crippen molar-refractivity contribution in [1.82, 2.24) is 4.98 Å². The number of rotatable bonds is 0. The van der Waals surface area contributed by atoms with Gasteiger partial charge in [0, 0.05) is 27.2 Å². The van der Waals surface area contributed by atoms with Crippen molar-refractivity contribution >= 4 is 26.8 Å². The second kappa shape index (κ2) is 6.11. The van der Waals surface area contributed by atoms with E-state index in [2.05, 4.69) is 70.0 Å². The van der Waals surface area contributed by atoms with Crippen LogP contribution in [-0.2, 0) is 0 Å². The lowest BCUT2D eigenvalue weighted by Gasteiger charge is -1.99. The molecule has 102 valence electrons. The highest BCUT2D eigenvalue weighted by atomic mass is 79.9. The van der Waals surface area contributed by atoms with Crippen molar-refractivity contribution in [1.29, 1.82) is 0 Å². The van der Waals surface area contributed by atoms with Gasteiger partial charge in [0.05, 0.1) is 5.52 Å². The molecule has 2 heteroatoms. The Morgan fingerprint density at radius 3 is 2.95 bits per heavy atom. The number of pyridine rings is 1. The monoisotopic (exact) mass is 335 g/mol. The SMILES string of the molecule is CC1C=CC=CC(C#Cc2ccc3ncc(Br)cc3c2)=C1. The molecule has 0 spiro atoms. The smallest absolute Gasteiger partial charge is 0.0703 e. The third-order valence-corrected chi connectivity index (χ3v) is 3.68. The maximum absolute atomic E-state index is 4.37. The van der Waals surface area contributed by atoms with E-state index in [0.717, 1.165) is 26.5 Å². The van der Waals surface area contributed by atoms with Gasteiger partial charge in [0.1, 0.15) is 0 Å². The van der Waals surface area contributed by atoms with E-state index in [1.807, 2.05) is 30.5 Å². The van der Waals surface area contributed by atoms with Crippen molar-refractivity contribution in [2.45, 2.75) is 6.92 Å². The Morgan fingerprint density at radius 2 is 2.05 bits per heavy atom. The molecule has 0 N–H and O–H groups in total. The van der Waals surface area contributed by atoms with Gasteiger partial charge in [0.15, 0.2) is 0 Å². The molecule has 1 atom stereocenters. The molecule has 1 unspecified atom stereocenters. The van der Waals surface area contributed by atoms with Gasteiger partial charge in [0.2, 0.25) is 0 Å². The third kappa shape index (κ3) is 3.51. The summed E-state index contributed by atoms with van der Waals surface area (Å²) in [6.07, 6.45) is 12.3. The Hall–Kier alpha value is -2.11. The van der Waals surface area contributed by atoms with E-state index >= 15 is 0 Å². The van der Waals surface area contributed by atoms with E-state index in [-0.39, 0.29) is 0 Å². The molecule has 0 aliphatic heterocycles. The van der Waals surface area contributed by atoms with Crippen LogP contribution in [-0.4, -0.2) is 4.98 Å². The van der Waals surface area contributed by atoms with Crippen LogP contribution in [0.1, 0.15) is 12.5 Å². The molecule has 1 aromatic carbocycles. The average molecular weight is 336 g/mol. The topological polar surface area (TPSA) is 12.9 Å². The second-order valence-corrected chi connectivity index (χ2v) is 5.95. The van der Waals surface area contributed by atoms with E-state index in [1.54, 1.807) is 0 Å². The molecule has 0 saturated carbocycles. The third-order valence-electron chi connectivity index (χ3n) is 3.24. The van der Waals surface area contributed by atoms with Crippen LogP contribution >= 0.6 is 15.9 Å². The lowest BCUT2D eigenvalue weighted by molar-refractivity contribution is 0.938. The lowest BCUT2D eigenvalue weighted by atomic mass is 10.1. The average Bonchev–Trinajstić information content (AvgIpc) is 2.69. The highest BCUT2D eigenvalue weighted by Crippen LogP contribution is 2.18. The standard InChI is InChI=1S/C19H14BrN/c1-14-4-2-3-5-15(10-14)6-7-16-8-9-19-17(11-16)12-18(20)13-21-19/h2-5,8-14H,1H3. The van der Waals surface area contributed by atoms with E-state index in [9.17, 15) is 0 Å². The number of aromatic nitrogens is 1. The number of benzene rings is 1. The zero-order valence-corrected chi connectivity index (χ0v) is 13.3. The molecule has 1 nitrogen and oxygen atoms in total. The van der Waals surface area contributed by atoms with E-state index in [1.165, 1.54) is 0 Å². The van der Waals surface area contributed by atoms with Crippen molar-refractivity contribution in [2.75, 3.05) is 0 Å². The Bertz CT molecular complexity index is 832. The quantitative estimate of drug-likeness (QED) is 0.615. The van der Waals surface area contributed by atoms with Gasteiger partial charge in [-0.3, -0.25) is 4.98 Å². The van der Waals surface area contributed by atoms with Crippen molar-refractivity contribution in [3.05, 3.63) is 76.5 Å². The maximum Gasteiger partial charge on any atom is 0.0703 e. The molecule has 1 aliphatic carbocycles. The summed E-state index contributed by atoms with van der Waals surface area (Å²) in [5.41, 5.74) is 3.04. The molecule has 0 amide bonds. The number of nitrogens with zero attached hydrogens (tertiary/aromatic N) is 1. The number of allylic oxidation sites excluding steroid dienone is 6. The summed E-state index contributed by atoms with van der Waals surface area (Å²) >= 11 is 3.45. The number of halogens is 1. The molecule has 1 heterocycles. The first-order valence-electron chi connectivity index (χ1n) is 6.85. The summed E-state index contributed by atoms with van der Waals surface area (Å²) in [4.78, 5) is 4.37. The fourth-order valence-electron chi connectivity index (χ4n) is 2.20. The Labute approximate surface area is 133 Å². The van der Waals surface area contributed by atoms with E-state index < -0.39 is 0 Å². The minimum Gasteiger partial charge on any atom is -0.255 e. The van der Waals surface area contributed by atoms with Gasteiger partial charge >= 0.3 is 0 Å². The fraction of sp³-hybridized carbons (Fsp3) is 0.105. The van der Waals surface area contributed by atoms with Gasteiger partial charge in [-0.25, -0.2) is 0 Å². The van der Waals surface area contributed by atoms with Gasteiger partial charge < -0.3 is 0 Å². The van der Waals surface area contributed by atoms with Crippen LogP contribution in [0.2, 0.25) is 0 Å². The minimum absolute atomic E-state index is 0.418. The van der Waals surface area contributed by atoms with Gasteiger partial charge in [0.25, 0.3) is 0 Å². The molecule has 3 rings (SSSR count). The number of hydrogen-bond donors (Lipinski definition) is 0. The van der Waals surface area contributed by atoms with Crippen LogP contribution in [0.15, 0.2) is 70.9 Å². The molecule has 2 aromatic rings. The molecule has 0 radical (unpaired) electrons. The second-order valence-electron chi connectivity index (χ2n) is 5.04. The van der Waals surface area contributed by atoms with Crippen molar-refractivity contribution in [3.8, 4) is 11.8 Å². The maximum atomic E-state index is 4.37. The first-order chi connectivity index (χ1) is 10.2. The van der Waals surface area contributed by atoms with Crippen LogP contribution in [0.4, 0.5) is 0 Å². The van der Waals surface area contributed by atoms with Crippen LogP contribution in [0.5, 0.6) is 0 Å². The summed E-state index contributed by atoms with van der Waals surface area (Å²) in [5, 5.41) is 1.09. The van der Waals surface area contributed by atoms with Crippen LogP contribution in [0, 0.1) is 17.8 Å². The van der Waals surface area contributed by atoms with Crippen molar-refractivity contribution < 1.29 is 0 Å². The largest absolute Gasteiger partial charge is 0.255 e. The van der Waals surface area contributed by atoms with Gasteiger partial charge in [-0.1, -0.05) is 43.1 Å². The van der Waals surface area contributed by atoms with Crippen molar-refractivity contribution in [2.24, 2.45) is 5.92 Å². The summed E-state index contributed by atoms with van der Waals surface area (Å²) in [6.45, 7) is 2.16. The molecular weight excluding hydrogens is 322 g/mol. The first-order valence-corrected chi connectivity index (χ1v) is 7.64. The van der Waals surface area contributed by atoms with Crippen LogP contribution < -0.4 is 0 Å². The highest BCUT2D eigenvalue weighted by Gasteiger charge is 1.98. The predicted molar refractivity (Wildman–Crippen MR) is 91.8 cm³/mol. The molecule has 21 heavy (non-hydrogen) atoms. The van der Waals surface area contributed by atoms with Crippen LogP contribution in [0.25, 0.3) is 10.9 Å². The lowest BCUT2D eigenvalue weighted by Crippen LogP contribution is -1.84. The van der Waals surface area contributed by atoms with E-state index in [4.69, 9.17) is 0 Å². The predicted octanol–water partition coefficient (Wildman–Crippen LogP) is 5.04. The number of fused-ring (bicyclic) bond motifs is 1. The normalized spacial score (nSPS) is 17.0. The highest BCUT2D eigenvalue weighted by molar-refractivity contribution is 9.10. The minimum atomic E-state index is 0.418. The summed E-state index contributed by atoms with van der Waals surface area (Å²) in [5.74, 6) is 6.89. The molecule has 1 aromatic heterocycles. The number of hydrogen-bond acceptors (Lipinski definition) is 1. The van der Waals surface area contributed by atoms with Gasteiger partial charge in [-0.05, 0) is 52.2 Å². The van der Waals surface area contributed by atoms with Crippen molar-refractivity contribution in [3.63, 3.8) is 0 Å². The fourth-order valence-corrected chi connectivity index (χ4v) is 2.55. The van der Waals surface area contributed by atoms with E-state index in [0.29, 0.717) is 5.92 Å². The molecule has 0 saturated heterocycles. The summed E-state index contributed by atoms with van der Waals surface area (Å²) in [7, 11) is 0. The Balaban J connectivity index is 1.94.